The Morgan fingerprint density at radius 2 is 2.31 bits per heavy atom. The molecule has 0 aliphatic heterocycles. The second-order valence-corrected chi connectivity index (χ2v) is 3.66. The summed E-state index contributed by atoms with van der Waals surface area (Å²) in [6.07, 6.45) is 5.48. The summed E-state index contributed by atoms with van der Waals surface area (Å²) in [6, 6.07) is 3.94. The summed E-state index contributed by atoms with van der Waals surface area (Å²) in [5.41, 5.74) is 1.08. The lowest BCUT2D eigenvalue weighted by atomic mass is 10.3. The van der Waals surface area contributed by atoms with Crippen LogP contribution in [0.1, 0.15) is 0 Å². The number of hydrogen-bond donors (Lipinski definition) is 1. The van der Waals surface area contributed by atoms with E-state index >= 15 is 0 Å². The van der Waals surface area contributed by atoms with Gasteiger partial charge in [-0.2, -0.15) is 0 Å². The van der Waals surface area contributed by atoms with Crippen molar-refractivity contribution in [3.8, 4) is 10.6 Å². The molecule has 2 heterocycles. The molecule has 0 spiro atoms. The fourth-order valence-corrected chi connectivity index (χ4v) is 1.83. The van der Waals surface area contributed by atoms with Gasteiger partial charge in [0.2, 0.25) is 5.00 Å². The predicted octanol–water partition coefficient (Wildman–Crippen LogP) is 1.03. The highest BCUT2D eigenvalue weighted by Gasteiger charge is 2.04. The summed E-state index contributed by atoms with van der Waals surface area (Å²) in [5, 5.41) is 4.28. The second kappa shape index (κ2) is 3.64. The molecule has 66 valence electrons. The smallest absolute Gasteiger partial charge is 0.205 e. The fraction of sp³-hybridized carbons (Fsp3) is 0.111. The molecule has 0 aliphatic carbocycles. The first-order chi connectivity index (χ1) is 6.40. The van der Waals surface area contributed by atoms with Crippen LogP contribution in [0.25, 0.3) is 10.6 Å². The van der Waals surface area contributed by atoms with Crippen molar-refractivity contribution in [2.75, 3.05) is 7.05 Å². The number of quaternary nitrogens is 1. The average Bonchev–Trinajstić information content (AvgIpc) is 2.67. The Hall–Kier alpha value is -1.26. The molecule has 0 aromatic carbocycles. The van der Waals surface area contributed by atoms with Gasteiger partial charge in [-0.3, -0.25) is 4.98 Å². The first kappa shape index (κ1) is 8.34. The summed E-state index contributed by atoms with van der Waals surface area (Å²) < 4.78 is 0. The molecule has 2 aromatic heterocycles. The molecule has 0 saturated heterocycles. The summed E-state index contributed by atoms with van der Waals surface area (Å²) >= 11 is 1.68. The molecule has 0 aliphatic rings. The van der Waals surface area contributed by atoms with Crippen LogP contribution in [0.5, 0.6) is 0 Å². The van der Waals surface area contributed by atoms with Gasteiger partial charge in [0.25, 0.3) is 0 Å². The fourth-order valence-electron chi connectivity index (χ4n) is 1.04. The summed E-state index contributed by atoms with van der Waals surface area (Å²) in [4.78, 5) is 8.36. The minimum absolute atomic E-state index is 1.03. The Morgan fingerprint density at radius 1 is 1.38 bits per heavy atom. The van der Waals surface area contributed by atoms with Crippen molar-refractivity contribution < 1.29 is 5.32 Å². The molecule has 2 rings (SSSR count). The van der Waals surface area contributed by atoms with Gasteiger partial charge in [-0.1, -0.05) is 11.3 Å². The van der Waals surface area contributed by atoms with Crippen molar-refractivity contribution in [3.05, 3.63) is 30.7 Å². The Bertz CT molecular complexity index is 383. The van der Waals surface area contributed by atoms with Gasteiger partial charge in [0, 0.05) is 18.0 Å². The summed E-state index contributed by atoms with van der Waals surface area (Å²) in [6.45, 7) is 0. The van der Waals surface area contributed by atoms with E-state index in [0.29, 0.717) is 0 Å². The molecule has 0 amide bonds. The van der Waals surface area contributed by atoms with E-state index in [1.54, 1.807) is 17.5 Å². The molecule has 0 fully saturated rings. The number of aromatic nitrogens is 2. The maximum absolute atomic E-state index is 4.30. The van der Waals surface area contributed by atoms with Crippen LogP contribution in [0.3, 0.4) is 0 Å². The third kappa shape index (κ3) is 1.74. The zero-order valence-electron chi connectivity index (χ0n) is 7.27. The van der Waals surface area contributed by atoms with Gasteiger partial charge >= 0.3 is 0 Å². The lowest BCUT2D eigenvalue weighted by Crippen LogP contribution is -2.72. The normalized spacial score (nSPS) is 10.2. The van der Waals surface area contributed by atoms with Crippen molar-refractivity contribution in [2.45, 2.75) is 0 Å². The monoisotopic (exact) mass is 192 g/mol. The standard InChI is InChI=1S/C9H9N3S/c1-10-8-6-12-9(13-8)7-3-2-4-11-5-7/h2-6,10H,1H3/p+1. The van der Waals surface area contributed by atoms with E-state index < -0.39 is 0 Å². The van der Waals surface area contributed by atoms with Crippen LogP contribution in [0.2, 0.25) is 0 Å². The molecule has 0 unspecified atom stereocenters. The van der Waals surface area contributed by atoms with Gasteiger partial charge in [0.15, 0.2) is 0 Å². The zero-order valence-corrected chi connectivity index (χ0v) is 8.08. The lowest BCUT2D eigenvalue weighted by molar-refractivity contribution is -0.535. The zero-order chi connectivity index (χ0) is 9.10. The molecule has 0 radical (unpaired) electrons. The van der Waals surface area contributed by atoms with E-state index in [1.807, 2.05) is 31.6 Å². The van der Waals surface area contributed by atoms with E-state index in [1.165, 1.54) is 5.00 Å². The van der Waals surface area contributed by atoms with Crippen LogP contribution in [-0.4, -0.2) is 17.0 Å². The highest BCUT2D eigenvalue weighted by atomic mass is 32.1. The number of hydrogen-bond acceptors (Lipinski definition) is 3. The topological polar surface area (TPSA) is 42.4 Å². The first-order valence-corrected chi connectivity index (χ1v) is 4.87. The predicted molar refractivity (Wildman–Crippen MR) is 52.9 cm³/mol. The van der Waals surface area contributed by atoms with Gasteiger partial charge in [-0.05, 0) is 12.1 Å². The summed E-state index contributed by atoms with van der Waals surface area (Å²) in [5.74, 6) is 0. The average molecular weight is 192 g/mol. The number of nitrogens with two attached hydrogens (primary N) is 1. The van der Waals surface area contributed by atoms with E-state index in [4.69, 9.17) is 0 Å². The third-order valence-electron chi connectivity index (χ3n) is 1.72. The van der Waals surface area contributed by atoms with Gasteiger partial charge in [-0.15, -0.1) is 0 Å². The molecule has 0 atom stereocenters. The van der Waals surface area contributed by atoms with Crippen LogP contribution in [0, 0.1) is 0 Å². The van der Waals surface area contributed by atoms with Gasteiger partial charge in [0.05, 0.1) is 7.05 Å². The van der Waals surface area contributed by atoms with E-state index in [2.05, 4.69) is 15.3 Å². The SMILES string of the molecule is C[NH2+]c1cnc(-c2cccnc2)s1. The van der Waals surface area contributed by atoms with Crippen LogP contribution >= 0.6 is 11.3 Å². The molecule has 4 heteroatoms. The number of pyridine rings is 1. The maximum Gasteiger partial charge on any atom is 0.205 e. The Labute approximate surface area is 80.5 Å². The first-order valence-electron chi connectivity index (χ1n) is 4.06. The highest BCUT2D eigenvalue weighted by Crippen LogP contribution is 2.24. The Kier molecular flexibility index (Phi) is 2.33. The molecule has 0 bridgehead atoms. The lowest BCUT2D eigenvalue weighted by Gasteiger charge is -1.91. The molecular weight excluding hydrogens is 182 g/mol. The number of rotatable bonds is 2. The molecular formula is C9H10N3S+. The van der Waals surface area contributed by atoms with Crippen molar-refractivity contribution in [3.63, 3.8) is 0 Å². The Balaban J connectivity index is 2.36. The van der Waals surface area contributed by atoms with Gasteiger partial charge < -0.3 is 5.32 Å². The molecule has 2 N–H and O–H groups in total. The maximum atomic E-state index is 4.30. The second-order valence-electron chi connectivity index (χ2n) is 2.60. The Morgan fingerprint density at radius 3 is 2.92 bits per heavy atom. The third-order valence-corrected chi connectivity index (χ3v) is 2.83. The van der Waals surface area contributed by atoms with Crippen LogP contribution in [-0.2, 0) is 0 Å². The molecule has 13 heavy (non-hydrogen) atoms. The van der Waals surface area contributed by atoms with E-state index in [0.717, 1.165) is 10.6 Å². The van der Waals surface area contributed by atoms with Crippen molar-refractivity contribution in [1.29, 1.82) is 0 Å². The van der Waals surface area contributed by atoms with Crippen molar-refractivity contribution >= 4 is 16.3 Å². The summed E-state index contributed by atoms with van der Waals surface area (Å²) in [7, 11) is 2.01. The number of thiazole rings is 1. The largest absolute Gasteiger partial charge is 0.306 e. The van der Waals surface area contributed by atoms with Crippen molar-refractivity contribution in [2.24, 2.45) is 0 Å². The van der Waals surface area contributed by atoms with Crippen LogP contribution < -0.4 is 5.32 Å². The number of nitrogens with zero attached hydrogens (tertiary/aromatic N) is 2. The van der Waals surface area contributed by atoms with Gasteiger partial charge in [0.1, 0.15) is 11.2 Å². The van der Waals surface area contributed by atoms with E-state index in [9.17, 15) is 0 Å². The van der Waals surface area contributed by atoms with Gasteiger partial charge in [-0.25, -0.2) is 4.98 Å². The quantitative estimate of drug-likeness (QED) is 0.772. The van der Waals surface area contributed by atoms with Crippen LogP contribution in [0.4, 0.5) is 5.00 Å². The molecule has 3 nitrogen and oxygen atoms in total. The minimum Gasteiger partial charge on any atom is -0.306 e. The molecule has 0 saturated carbocycles. The molecule has 2 aromatic rings. The van der Waals surface area contributed by atoms with Crippen LogP contribution in [0.15, 0.2) is 30.7 Å². The van der Waals surface area contributed by atoms with Crippen molar-refractivity contribution in [1.82, 2.24) is 9.97 Å². The minimum atomic E-state index is 1.03. The van der Waals surface area contributed by atoms with E-state index in [-0.39, 0.29) is 0 Å². The highest BCUT2D eigenvalue weighted by molar-refractivity contribution is 7.18.